The molecule has 1 aromatic heterocycles. The van der Waals surface area contributed by atoms with Crippen LogP contribution in [0.25, 0.3) is 0 Å². The number of furan rings is 1. The van der Waals surface area contributed by atoms with Gasteiger partial charge in [-0.1, -0.05) is 12.1 Å². The van der Waals surface area contributed by atoms with Crippen molar-refractivity contribution in [3.8, 4) is 11.5 Å². The first-order valence-electron chi connectivity index (χ1n) is 6.19. The van der Waals surface area contributed by atoms with Crippen LogP contribution in [-0.2, 0) is 13.1 Å². The highest BCUT2D eigenvalue weighted by Crippen LogP contribution is 2.30. The van der Waals surface area contributed by atoms with Gasteiger partial charge in [0.05, 0.1) is 13.7 Å². The molecule has 0 atom stereocenters. The summed E-state index contributed by atoms with van der Waals surface area (Å²) in [6.07, 6.45) is 0. The van der Waals surface area contributed by atoms with Crippen molar-refractivity contribution in [3.05, 3.63) is 47.4 Å². The van der Waals surface area contributed by atoms with Crippen molar-refractivity contribution < 1.29 is 14.3 Å². The third-order valence-corrected chi connectivity index (χ3v) is 2.96. The van der Waals surface area contributed by atoms with E-state index in [1.54, 1.807) is 13.2 Å². The minimum absolute atomic E-state index is 0.201. The summed E-state index contributed by atoms with van der Waals surface area (Å²) in [5, 5.41) is 10.0. The number of benzene rings is 1. The van der Waals surface area contributed by atoms with Gasteiger partial charge in [0.1, 0.15) is 11.5 Å². The molecule has 0 aliphatic heterocycles. The summed E-state index contributed by atoms with van der Waals surface area (Å²) in [5.74, 6) is 2.53. The Morgan fingerprint density at radius 3 is 2.63 bits per heavy atom. The van der Waals surface area contributed by atoms with Crippen LogP contribution in [0, 0.1) is 6.92 Å². The molecule has 0 unspecified atom stereocenters. The Hall–Kier alpha value is -1.94. The van der Waals surface area contributed by atoms with Crippen molar-refractivity contribution >= 4 is 0 Å². The summed E-state index contributed by atoms with van der Waals surface area (Å²) < 4.78 is 10.6. The third kappa shape index (κ3) is 3.29. The van der Waals surface area contributed by atoms with Crippen LogP contribution >= 0.6 is 0 Å². The number of phenols is 1. The van der Waals surface area contributed by atoms with Gasteiger partial charge in [-0.2, -0.15) is 0 Å². The Balaban J connectivity index is 2.04. The summed E-state index contributed by atoms with van der Waals surface area (Å²) in [6.45, 7) is 3.25. The average Bonchev–Trinajstić information content (AvgIpc) is 2.77. The Labute approximate surface area is 113 Å². The number of nitrogens with zero attached hydrogens (tertiary/aromatic N) is 1. The number of hydrogen-bond donors (Lipinski definition) is 1. The molecule has 0 radical (unpaired) electrons. The number of ether oxygens (including phenoxy) is 1. The van der Waals surface area contributed by atoms with E-state index in [4.69, 9.17) is 9.15 Å². The molecule has 0 saturated heterocycles. The van der Waals surface area contributed by atoms with Crippen LogP contribution < -0.4 is 4.74 Å². The van der Waals surface area contributed by atoms with Gasteiger partial charge in [0, 0.05) is 12.1 Å². The van der Waals surface area contributed by atoms with Crippen molar-refractivity contribution in [3.63, 3.8) is 0 Å². The van der Waals surface area contributed by atoms with Crippen LogP contribution in [0.2, 0.25) is 0 Å². The highest BCUT2D eigenvalue weighted by Gasteiger charge is 2.10. The predicted molar refractivity (Wildman–Crippen MR) is 73.3 cm³/mol. The van der Waals surface area contributed by atoms with Crippen LogP contribution in [0.15, 0.2) is 34.7 Å². The monoisotopic (exact) mass is 261 g/mol. The first kappa shape index (κ1) is 13.5. The van der Waals surface area contributed by atoms with Crippen molar-refractivity contribution in [2.24, 2.45) is 0 Å². The van der Waals surface area contributed by atoms with E-state index in [2.05, 4.69) is 4.90 Å². The zero-order chi connectivity index (χ0) is 13.8. The summed E-state index contributed by atoms with van der Waals surface area (Å²) in [5.41, 5.74) is 0.838. The number of aromatic hydroxyl groups is 1. The Morgan fingerprint density at radius 1 is 1.21 bits per heavy atom. The maximum atomic E-state index is 10.0. The number of para-hydroxylation sites is 1. The summed E-state index contributed by atoms with van der Waals surface area (Å²) in [4.78, 5) is 2.08. The molecular formula is C15H19NO3. The fourth-order valence-corrected chi connectivity index (χ4v) is 2.04. The second kappa shape index (κ2) is 5.80. The summed E-state index contributed by atoms with van der Waals surface area (Å²) in [6, 6.07) is 9.43. The molecular weight excluding hydrogens is 242 g/mol. The summed E-state index contributed by atoms with van der Waals surface area (Å²) in [7, 11) is 3.53. The zero-order valence-electron chi connectivity index (χ0n) is 11.5. The van der Waals surface area contributed by atoms with Crippen LogP contribution in [-0.4, -0.2) is 24.2 Å². The number of aryl methyl sites for hydroxylation is 1. The molecule has 1 heterocycles. The molecule has 2 aromatic rings. The lowest BCUT2D eigenvalue weighted by molar-refractivity contribution is 0.279. The van der Waals surface area contributed by atoms with E-state index in [0.717, 1.165) is 17.1 Å². The van der Waals surface area contributed by atoms with Gasteiger partial charge < -0.3 is 14.3 Å². The van der Waals surface area contributed by atoms with Gasteiger partial charge >= 0.3 is 0 Å². The van der Waals surface area contributed by atoms with Crippen LogP contribution in [0.5, 0.6) is 11.5 Å². The van der Waals surface area contributed by atoms with E-state index in [1.807, 2.05) is 38.2 Å². The molecule has 0 amide bonds. The molecule has 0 aliphatic rings. The minimum Gasteiger partial charge on any atom is -0.504 e. The molecule has 0 spiro atoms. The quantitative estimate of drug-likeness (QED) is 0.899. The molecule has 2 rings (SSSR count). The second-order valence-electron chi connectivity index (χ2n) is 4.65. The lowest BCUT2D eigenvalue weighted by Gasteiger charge is -2.17. The molecule has 0 saturated carbocycles. The van der Waals surface area contributed by atoms with E-state index in [9.17, 15) is 5.11 Å². The van der Waals surface area contributed by atoms with Gasteiger partial charge in [-0.15, -0.1) is 0 Å². The van der Waals surface area contributed by atoms with E-state index in [1.165, 1.54) is 0 Å². The van der Waals surface area contributed by atoms with Crippen molar-refractivity contribution in [2.45, 2.75) is 20.0 Å². The highest BCUT2D eigenvalue weighted by atomic mass is 16.5. The Kier molecular flexibility index (Phi) is 4.12. The van der Waals surface area contributed by atoms with E-state index >= 15 is 0 Å². The van der Waals surface area contributed by atoms with Crippen molar-refractivity contribution in [2.75, 3.05) is 14.2 Å². The smallest absolute Gasteiger partial charge is 0.162 e. The predicted octanol–water partition coefficient (Wildman–Crippen LogP) is 2.93. The largest absolute Gasteiger partial charge is 0.504 e. The van der Waals surface area contributed by atoms with E-state index in [0.29, 0.717) is 18.8 Å². The van der Waals surface area contributed by atoms with Gasteiger partial charge in [-0.25, -0.2) is 0 Å². The molecule has 4 heteroatoms. The number of rotatable bonds is 5. The standard InChI is InChI=1S/C15H19NO3/c1-11-7-8-13(19-11)10-16(2)9-12-5-4-6-14(18-3)15(12)17/h4-8,17H,9-10H2,1-3H3. The van der Waals surface area contributed by atoms with Gasteiger partial charge in [0.15, 0.2) is 11.5 Å². The molecule has 1 aromatic carbocycles. The lowest BCUT2D eigenvalue weighted by atomic mass is 10.1. The third-order valence-electron chi connectivity index (χ3n) is 2.96. The molecule has 0 aliphatic carbocycles. The SMILES string of the molecule is COc1cccc(CN(C)Cc2ccc(C)o2)c1O. The Morgan fingerprint density at radius 2 is 2.00 bits per heavy atom. The molecule has 0 fully saturated rings. The fourth-order valence-electron chi connectivity index (χ4n) is 2.04. The molecule has 4 nitrogen and oxygen atoms in total. The van der Waals surface area contributed by atoms with E-state index in [-0.39, 0.29) is 5.75 Å². The maximum absolute atomic E-state index is 10.0. The fraction of sp³-hybridized carbons (Fsp3) is 0.333. The Bertz CT molecular complexity index is 548. The normalized spacial score (nSPS) is 10.9. The van der Waals surface area contributed by atoms with Gasteiger partial charge in [-0.05, 0) is 32.2 Å². The lowest BCUT2D eigenvalue weighted by Crippen LogP contribution is -2.17. The van der Waals surface area contributed by atoms with Crippen LogP contribution in [0.3, 0.4) is 0 Å². The van der Waals surface area contributed by atoms with E-state index < -0.39 is 0 Å². The minimum atomic E-state index is 0.201. The summed E-state index contributed by atoms with van der Waals surface area (Å²) >= 11 is 0. The second-order valence-corrected chi connectivity index (χ2v) is 4.65. The average molecular weight is 261 g/mol. The number of hydrogen-bond acceptors (Lipinski definition) is 4. The number of phenolic OH excluding ortho intramolecular Hbond substituents is 1. The highest BCUT2D eigenvalue weighted by molar-refractivity contribution is 5.45. The van der Waals surface area contributed by atoms with Crippen molar-refractivity contribution in [1.29, 1.82) is 0 Å². The van der Waals surface area contributed by atoms with Gasteiger partial charge in [0.25, 0.3) is 0 Å². The molecule has 1 N–H and O–H groups in total. The molecule has 0 bridgehead atoms. The molecule has 102 valence electrons. The topological polar surface area (TPSA) is 45.8 Å². The zero-order valence-corrected chi connectivity index (χ0v) is 11.5. The van der Waals surface area contributed by atoms with Gasteiger partial charge in [0.2, 0.25) is 0 Å². The van der Waals surface area contributed by atoms with Crippen LogP contribution in [0.1, 0.15) is 17.1 Å². The maximum Gasteiger partial charge on any atom is 0.162 e. The van der Waals surface area contributed by atoms with Crippen LogP contribution in [0.4, 0.5) is 0 Å². The first-order valence-corrected chi connectivity index (χ1v) is 6.19. The van der Waals surface area contributed by atoms with Crippen molar-refractivity contribution in [1.82, 2.24) is 4.90 Å². The first-order chi connectivity index (χ1) is 9.10. The van der Waals surface area contributed by atoms with Gasteiger partial charge in [-0.3, -0.25) is 4.90 Å². The number of methoxy groups -OCH3 is 1. The molecule has 19 heavy (non-hydrogen) atoms.